The number of halogens is 1. The number of carbonyl (C=O) groups excluding carboxylic acids is 1. The molecule has 5 heteroatoms. The maximum absolute atomic E-state index is 13.0. The molecule has 3 rings (SSSR count). The number of aryl methyl sites for hydroxylation is 1. The van der Waals surface area contributed by atoms with Crippen LogP contribution in [0.1, 0.15) is 28.8 Å². The number of nitrogen functional groups attached to an aromatic ring is 1. The highest BCUT2D eigenvalue weighted by atomic mass is 19.1. The number of nitrogens with two attached hydrogens (primary N) is 1. The van der Waals surface area contributed by atoms with Crippen LogP contribution in [0.5, 0.6) is 0 Å². The lowest BCUT2D eigenvalue weighted by Gasteiger charge is -2.22. The van der Waals surface area contributed by atoms with Crippen LogP contribution in [0.3, 0.4) is 0 Å². The number of rotatable bonds is 3. The molecule has 1 aliphatic rings. The minimum atomic E-state index is -0.368. The number of amides is 1. The molecule has 1 saturated heterocycles. The van der Waals surface area contributed by atoms with Crippen molar-refractivity contribution in [1.29, 1.82) is 0 Å². The van der Waals surface area contributed by atoms with Gasteiger partial charge in [0.05, 0.1) is 11.4 Å². The number of hydrogen-bond acceptors (Lipinski definition) is 3. The van der Waals surface area contributed by atoms with Crippen LogP contribution in [0, 0.1) is 12.7 Å². The fraction of sp³-hybridized carbons (Fsp3) is 0.278. The van der Waals surface area contributed by atoms with E-state index in [4.69, 9.17) is 5.73 Å². The lowest BCUT2D eigenvalue weighted by atomic mass is 10.1. The van der Waals surface area contributed by atoms with Gasteiger partial charge in [0.25, 0.3) is 5.91 Å². The monoisotopic (exact) mass is 313 g/mol. The third kappa shape index (κ3) is 3.28. The Morgan fingerprint density at radius 3 is 2.48 bits per heavy atom. The summed E-state index contributed by atoms with van der Waals surface area (Å²) in [7, 11) is 0. The van der Waals surface area contributed by atoms with Gasteiger partial charge in [-0.1, -0.05) is 0 Å². The molecule has 0 bridgehead atoms. The Kier molecular flexibility index (Phi) is 4.19. The van der Waals surface area contributed by atoms with Crippen LogP contribution >= 0.6 is 0 Å². The zero-order valence-corrected chi connectivity index (χ0v) is 13.1. The summed E-state index contributed by atoms with van der Waals surface area (Å²) in [5.41, 5.74) is 9.77. The van der Waals surface area contributed by atoms with Crippen LogP contribution in [-0.4, -0.2) is 19.0 Å². The minimum Gasteiger partial charge on any atom is -0.397 e. The summed E-state index contributed by atoms with van der Waals surface area (Å²) in [6.07, 6.45) is 2.36. The Hall–Kier alpha value is -2.56. The van der Waals surface area contributed by atoms with Crippen LogP contribution in [0.15, 0.2) is 36.4 Å². The van der Waals surface area contributed by atoms with Crippen LogP contribution in [0.2, 0.25) is 0 Å². The molecule has 120 valence electrons. The largest absolute Gasteiger partial charge is 0.397 e. The third-order valence-electron chi connectivity index (χ3n) is 4.17. The van der Waals surface area contributed by atoms with Gasteiger partial charge in [0, 0.05) is 24.3 Å². The van der Waals surface area contributed by atoms with E-state index in [1.807, 2.05) is 19.1 Å². The van der Waals surface area contributed by atoms with E-state index in [-0.39, 0.29) is 11.7 Å². The zero-order valence-electron chi connectivity index (χ0n) is 13.1. The zero-order chi connectivity index (χ0) is 16.4. The fourth-order valence-corrected chi connectivity index (χ4v) is 2.92. The van der Waals surface area contributed by atoms with Gasteiger partial charge in [-0.3, -0.25) is 4.79 Å². The van der Waals surface area contributed by atoms with Crippen molar-refractivity contribution in [1.82, 2.24) is 0 Å². The summed E-state index contributed by atoms with van der Waals surface area (Å²) in [6, 6.07) is 9.25. The average Bonchev–Trinajstić information content (AvgIpc) is 3.04. The first-order chi connectivity index (χ1) is 11.0. The first kappa shape index (κ1) is 15.3. The van der Waals surface area contributed by atoms with Crippen molar-refractivity contribution in [3.63, 3.8) is 0 Å². The van der Waals surface area contributed by atoms with E-state index < -0.39 is 0 Å². The summed E-state index contributed by atoms with van der Waals surface area (Å²) >= 11 is 0. The molecule has 1 amide bonds. The summed E-state index contributed by atoms with van der Waals surface area (Å²) in [4.78, 5) is 14.6. The highest BCUT2D eigenvalue weighted by Gasteiger charge is 2.17. The van der Waals surface area contributed by atoms with Crippen molar-refractivity contribution in [2.45, 2.75) is 19.8 Å². The number of benzene rings is 2. The Labute approximate surface area is 135 Å². The van der Waals surface area contributed by atoms with Crippen LogP contribution in [-0.2, 0) is 0 Å². The molecule has 0 atom stereocenters. The quantitative estimate of drug-likeness (QED) is 0.852. The highest BCUT2D eigenvalue weighted by molar-refractivity contribution is 6.06. The smallest absolute Gasteiger partial charge is 0.255 e. The van der Waals surface area contributed by atoms with Crippen LogP contribution in [0.25, 0.3) is 0 Å². The van der Waals surface area contributed by atoms with Crippen molar-refractivity contribution in [3.05, 3.63) is 53.3 Å². The standard InChI is InChI=1S/C18H20FN3O/c1-12-10-15(20)16(11-17(12)22-8-2-3-9-22)21-18(23)13-4-6-14(19)7-5-13/h4-7,10-11H,2-3,8-9,20H2,1H3,(H,21,23). The van der Waals surface area contributed by atoms with Crippen molar-refractivity contribution < 1.29 is 9.18 Å². The number of nitrogens with one attached hydrogen (secondary N) is 1. The molecule has 4 nitrogen and oxygen atoms in total. The molecule has 1 aliphatic heterocycles. The number of anilines is 3. The van der Waals surface area contributed by atoms with Gasteiger partial charge < -0.3 is 16.0 Å². The minimum absolute atomic E-state index is 0.298. The molecular formula is C18H20FN3O. The predicted molar refractivity (Wildman–Crippen MR) is 91.4 cm³/mol. The van der Waals surface area contributed by atoms with Gasteiger partial charge >= 0.3 is 0 Å². The van der Waals surface area contributed by atoms with Crippen molar-refractivity contribution in [2.24, 2.45) is 0 Å². The lowest BCUT2D eigenvalue weighted by Crippen LogP contribution is -2.20. The van der Waals surface area contributed by atoms with E-state index in [0.717, 1.165) is 24.3 Å². The fourth-order valence-electron chi connectivity index (χ4n) is 2.92. The maximum atomic E-state index is 13.0. The molecule has 0 spiro atoms. The van der Waals surface area contributed by atoms with E-state index in [1.54, 1.807) is 0 Å². The molecular weight excluding hydrogens is 293 g/mol. The molecule has 3 N–H and O–H groups in total. The number of nitrogens with zero attached hydrogens (tertiary/aromatic N) is 1. The van der Waals surface area contributed by atoms with Gasteiger partial charge in [0.1, 0.15) is 5.82 Å². The first-order valence-electron chi connectivity index (χ1n) is 7.76. The van der Waals surface area contributed by atoms with E-state index in [0.29, 0.717) is 16.9 Å². The van der Waals surface area contributed by atoms with Crippen molar-refractivity contribution in [2.75, 3.05) is 29.0 Å². The number of hydrogen-bond donors (Lipinski definition) is 2. The van der Waals surface area contributed by atoms with E-state index >= 15 is 0 Å². The molecule has 23 heavy (non-hydrogen) atoms. The first-order valence-corrected chi connectivity index (χ1v) is 7.76. The van der Waals surface area contributed by atoms with Crippen LogP contribution < -0.4 is 16.0 Å². The Morgan fingerprint density at radius 2 is 1.83 bits per heavy atom. The summed E-state index contributed by atoms with van der Waals surface area (Å²) in [6.45, 7) is 4.07. The van der Waals surface area contributed by atoms with Crippen LogP contribution in [0.4, 0.5) is 21.5 Å². The summed E-state index contributed by atoms with van der Waals surface area (Å²) < 4.78 is 13.0. The van der Waals surface area contributed by atoms with Gasteiger partial charge in [-0.15, -0.1) is 0 Å². The van der Waals surface area contributed by atoms with Gasteiger partial charge in [-0.25, -0.2) is 4.39 Å². The molecule has 1 fully saturated rings. The van der Waals surface area contributed by atoms with Gasteiger partial charge in [-0.2, -0.15) is 0 Å². The van der Waals surface area contributed by atoms with Crippen molar-refractivity contribution >= 4 is 23.0 Å². The molecule has 0 radical (unpaired) electrons. The van der Waals surface area contributed by atoms with Gasteiger partial charge in [0.2, 0.25) is 0 Å². The molecule has 0 aliphatic carbocycles. The molecule has 0 unspecified atom stereocenters. The molecule has 1 heterocycles. The Morgan fingerprint density at radius 1 is 1.17 bits per heavy atom. The molecule has 0 saturated carbocycles. The highest BCUT2D eigenvalue weighted by Crippen LogP contribution is 2.32. The predicted octanol–water partition coefficient (Wildman–Crippen LogP) is 3.57. The second kappa shape index (κ2) is 6.28. The Balaban J connectivity index is 1.85. The second-order valence-electron chi connectivity index (χ2n) is 5.88. The SMILES string of the molecule is Cc1cc(N)c(NC(=O)c2ccc(F)cc2)cc1N1CCCC1. The van der Waals surface area contributed by atoms with E-state index in [9.17, 15) is 9.18 Å². The average molecular weight is 313 g/mol. The summed E-state index contributed by atoms with van der Waals surface area (Å²) in [5.74, 6) is -0.666. The lowest BCUT2D eigenvalue weighted by molar-refractivity contribution is 0.102. The summed E-state index contributed by atoms with van der Waals surface area (Å²) in [5, 5.41) is 2.82. The van der Waals surface area contributed by atoms with E-state index in [2.05, 4.69) is 10.2 Å². The Bertz CT molecular complexity index is 722. The third-order valence-corrected chi connectivity index (χ3v) is 4.17. The molecule has 2 aromatic carbocycles. The van der Waals surface area contributed by atoms with Gasteiger partial charge in [0.15, 0.2) is 0 Å². The number of carbonyl (C=O) groups is 1. The molecule has 2 aromatic rings. The molecule has 0 aromatic heterocycles. The normalized spacial score (nSPS) is 14.1. The van der Waals surface area contributed by atoms with E-state index in [1.165, 1.54) is 37.1 Å². The second-order valence-corrected chi connectivity index (χ2v) is 5.88. The maximum Gasteiger partial charge on any atom is 0.255 e. The topological polar surface area (TPSA) is 58.4 Å². The van der Waals surface area contributed by atoms with Gasteiger partial charge in [-0.05, 0) is 61.7 Å². The van der Waals surface area contributed by atoms with Crippen molar-refractivity contribution in [3.8, 4) is 0 Å².